The fourth-order valence-electron chi connectivity index (χ4n) is 2.17. The number of nitrogens with zero attached hydrogens (tertiary/aromatic N) is 1. The molecule has 0 unspecified atom stereocenters. The molecule has 1 N–H and O–H groups in total. The summed E-state index contributed by atoms with van der Waals surface area (Å²) in [5.41, 5.74) is -0.120. The summed E-state index contributed by atoms with van der Waals surface area (Å²) in [4.78, 5) is 1.39. The Hall–Kier alpha value is -0.290. The highest BCUT2D eigenvalue weighted by molar-refractivity contribution is 4.85. The van der Waals surface area contributed by atoms with Gasteiger partial charge in [0.05, 0.1) is 6.54 Å². The maximum atomic E-state index is 12.4. The fraction of sp³-hybridized carbons (Fsp3) is 1.00. The molecule has 0 aliphatic rings. The van der Waals surface area contributed by atoms with Gasteiger partial charge in [-0.2, -0.15) is 13.2 Å². The van der Waals surface area contributed by atoms with Gasteiger partial charge in [-0.1, -0.05) is 13.8 Å². The summed E-state index contributed by atoms with van der Waals surface area (Å²) in [5, 5.41) is 3.42. The second kappa shape index (κ2) is 6.93. The second-order valence-corrected chi connectivity index (χ2v) is 6.60. The molecule has 0 fully saturated rings. The van der Waals surface area contributed by atoms with Crippen molar-refractivity contribution in [3.05, 3.63) is 0 Å². The monoisotopic (exact) mass is 282 g/mol. The molecule has 0 heterocycles. The molecule has 5 heteroatoms. The van der Waals surface area contributed by atoms with Crippen LogP contribution >= 0.6 is 0 Å². The fourth-order valence-corrected chi connectivity index (χ4v) is 2.17. The highest BCUT2D eigenvalue weighted by Gasteiger charge is 2.34. The van der Waals surface area contributed by atoms with Crippen molar-refractivity contribution >= 4 is 0 Å². The zero-order valence-electron chi connectivity index (χ0n) is 13.1. The van der Waals surface area contributed by atoms with Crippen molar-refractivity contribution < 1.29 is 13.2 Å². The van der Waals surface area contributed by atoms with E-state index in [1.165, 1.54) is 4.90 Å². The van der Waals surface area contributed by atoms with Gasteiger partial charge in [0.1, 0.15) is 0 Å². The van der Waals surface area contributed by atoms with Crippen LogP contribution in [-0.2, 0) is 0 Å². The third-order valence-corrected chi connectivity index (χ3v) is 3.55. The Bertz CT molecular complexity index is 252. The van der Waals surface area contributed by atoms with Crippen LogP contribution in [0.2, 0.25) is 0 Å². The molecule has 0 aliphatic heterocycles. The smallest absolute Gasteiger partial charge is 0.311 e. The Kier molecular flexibility index (Phi) is 6.83. The molecule has 0 radical (unpaired) electrons. The molecule has 0 bridgehead atoms. The minimum atomic E-state index is -4.13. The maximum absolute atomic E-state index is 12.4. The highest BCUT2D eigenvalue weighted by Crippen LogP contribution is 2.28. The highest BCUT2D eigenvalue weighted by atomic mass is 19.4. The topological polar surface area (TPSA) is 15.3 Å². The van der Waals surface area contributed by atoms with E-state index in [1.807, 2.05) is 0 Å². The van der Waals surface area contributed by atoms with E-state index in [4.69, 9.17) is 0 Å². The van der Waals surface area contributed by atoms with Crippen molar-refractivity contribution in [2.24, 2.45) is 5.41 Å². The first kappa shape index (κ1) is 18.7. The molecule has 0 aromatic carbocycles. The number of hydrogen-bond donors (Lipinski definition) is 1. The number of rotatable bonds is 7. The molecule has 0 aliphatic carbocycles. The largest absolute Gasteiger partial charge is 0.401 e. The van der Waals surface area contributed by atoms with Crippen molar-refractivity contribution in [1.29, 1.82) is 0 Å². The van der Waals surface area contributed by atoms with Gasteiger partial charge in [-0.25, -0.2) is 0 Å². The molecule has 116 valence electrons. The van der Waals surface area contributed by atoms with E-state index < -0.39 is 12.7 Å². The molecule has 0 rings (SSSR count). The quantitative estimate of drug-likeness (QED) is 0.766. The number of halogens is 3. The molecule has 0 amide bonds. The minimum Gasteiger partial charge on any atom is -0.311 e. The van der Waals surface area contributed by atoms with Crippen molar-refractivity contribution in [3.63, 3.8) is 0 Å². The van der Waals surface area contributed by atoms with Gasteiger partial charge >= 0.3 is 6.18 Å². The first-order valence-corrected chi connectivity index (χ1v) is 6.93. The van der Waals surface area contributed by atoms with Crippen LogP contribution in [0.1, 0.15) is 47.5 Å². The van der Waals surface area contributed by atoms with Gasteiger partial charge in [0.25, 0.3) is 0 Å². The van der Waals surface area contributed by atoms with E-state index in [0.717, 1.165) is 19.4 Å². The van der Waals surface area contributed by atoms with E-state index in [9.17, 15) is 13.2 Å². The normalized spacial score (nSPS) is 14.2. The lowest BCUT2D eigenvalue weighted by Gasteiger charge is -2.38. The van der Waals surface area contributed by atoms with Gasteiger partial charge in [0.2, 0.25) is 0 Å². The molecular weight excluding hydrogens is 253 g/mol. The Morgan fingerprint density at radius 1 is 0.947 bits per heavy atom. The van der Waals surface area contributed by atoms with Crippen LogP contribution < -0.4 is 5.32 Å². The lowest BCUT2D eigenvalue weighted by Crippen LogP contribution is -2.49. The summed E-state index contributed by atoms with van der Waals surface area (Å²) in [7, 11) is 1.55. The minimum absolute atomic E-state index is 0.0157. The predicted octanol–water partition coefficient (Wildman–Crippen LogP) is 3.68. The number of alkyl halides is 3. The standard InChI is InChI=1S/C14H29F3N2/c1-7-13(8-2,9-18-12(3,4)5)10-19(6)11-14(15,16)17/h18H,7-11H2,1-6H3. The summed E-state index contributed by atoms with van der Waals surface area (Å²) in [6.45, 7) is 10.7. The zero-order valence-corrected chi connectivity index (χ0v) is 13.1. The zero-order chi connectivity index (χ0) is 15.3. The third-order valence-electron chi connectivity index (χ3n) is 3.55. The average Bonchev–Trinajstić information content (AvgIpc) is 2.20. The molecular formula is C14H29F3N2. The Morgan fingerprint density at radius 2 is 1.42 bits per heavy atom. The van der Waals surface area contributed by atoms with Crippen LogP contribution in [0, 0.1) is 5.41 Å². The van der Waals surface area contributed by atoms with E-state index in [0.29, 0.717) is 6.54 Å². The summed E-state index contributed by atoms with van der Waals surface area (Å²) in [6, 6.07) is 0. The summed E-state index contributed by atoms with van der Waals surface area (Å²) in [6.07, 6.45) is -2.39. The maximum Gasteiger partial charge on any atom is 0.401 e. The van der Waals surface area contributed by atoms with Gasteiger partial charge in [0, 0.05) is 18.6 Å². The van der Waals surface area contributed by atoms with Crippen molar-refractivity contribution in [1.82, 2.24) is 10.2 Å². The van der Waals surface area contributed by atoms with Crippen molar-refractivity contribution in [2.45, 2.75) is 59.2 Å². The first-order valence-electron chi connectivity index (χ1n) is 6.93. The molecule has 0 saturated carbocycles. The molecule has 2 nitrogen and oxygen atoms in total. The van der Waals surface area contributed by atoms with Crippen molar-refractivity contribution in [3.8, 4) is 0 Å². The first-order chi connectivity index (χ1) is 8.43. The second-order valence-electron chi connectivity index (χ2n) is 6.60. The molecule has 19 heavy (non-hydrogen) atoms. The SMILES string of the molecule is CCC(CC)(CNC(C)(C)C)CN(C)CC(F)(F)F. The Morgan fingerprint density at radius 3 is 1.74 bits per heavy atom. The Labute approximate surface area is 115 Å². The molecule has 0 spiro atoms. The van der Waals surface area contributed by atoms with Gasteiger partial charge in [0.15, 0.2) is 0 Å². The van der Waals surface area contributed by atoms with E-state index in [-0.39, 0.29) is 11.0 Å². The number of hydrogen-bond acceptors (Lipinski definition) is 2. The summed E-state index contributed by atoms with van der Waals surface area (Å²) >= 11 is 0. The molecule has 0 aromatic heterocycles. The third kappa shape index (κ3) is 8.47. The van der Waals surface area contributed by atoms with Gasteiger partial charge in [-0.05, 0) is 46.1 Å². The average molecular weight is 282 g/mol. The van der Waals surface area contributed by atoms with Crippen LogP contribution in [0.3, 0.4) is 0 Å². The summed E-state index contributed by atoms with van der Waals surface area (Å²) < 4.78 is 37.2. The van der Waals surface area contributed by atoms with Gasteiger partial charge in [-0.15, -0.1) is 0 Å². The van der Waals surface area contributed by atoms with Crippen LogP contribution in [-0.4, -0.2) is 43.3 Å². The van der Waals surface area contributed by atoms with E-state index in [2.05, 4.69) is 39.9 Å². The number of nitrogens with one attached hydrogen (secondary N) is 1. The van der Waals surface area contributed by atoms with Crippen LogP contribution in [0.4, 0.5) is 13.2 Å². The van der Waals surface area contributed by atoms with E-state index >= 15 is 0 Å². The lowest BCUT2D eigenvalue weighted by atomic mass is 9.81. The molecule has 0 saturated heterocycles. The van der Waals surface area contributed by atoms with Crippen LogP contribution in [0.15, 0.2) is 0 Å². The van der Waals surface area contributed by atoms with Gasteiger partial charge in [-0.3, -0.25) is 4.90 Å². The van der Waals surface area contributed by atoms with Crippen LogP contribution in [0.25, 0.3) is 0 Å². The molecule has 0 aromatic rings. The van der Waals surface area contributed by atoms with Crippen molar-refractivity contribution in [2.75, 3.05) is 26.7 Å². The van der Waals surface area contributed by atoms with E-state index in [1.54, 1.807) is 7.05 Å². The lowest BCUT2D eigenvalue weighted by molar-refractivity contribution is -0.146. The molecule has 0 atom stereocenters. The Balaban J connectivity index is 4.61. The van der Waals surface area contributed by atoms with Crippen LogP contribution in [0.5, 0.6) is 0 Å². The van der Waals surface area contributed by atoms with Gasteiger partial charge < -0.3 is 5.32 Å². The predicted molar refractivity (Wildman–Crippen MR) is 74.3 cm³/mol. The summed E-state index contributed by atoms with van der Waals surface area (Å²) in [5.74, 6) is 0.